The molecule has 0 radical (unpaired) electrons. The Morgan fingerprint density at radius 2 is 2.04 bits per heavy atom. The molecule has 24 heavy (non-hydrogen) atoms. The van der Waals surface area contributed by atoms with Crippen molar-refractivity contribution in [2.75, 3.05) is 26.4 Å². The van der Waals surface area contributed by atoms with Crippen molar-refractivity contribution < 1.29 is 17.6 Å². The Hall–Kier alpha value is -1.38. The van der Waals surface area contributed by atoms with E-state index >= 15 is 0 Å². The number of aryl methyl sites for hydroxylation is 1. The highest BCUT2D eigenvalue weighted by Crippen LogP contribution is 2.38. The van der Waals surface area contributed by atoms with Gasteiger partial charge in [-0.1, -0.05) is 6.92 Å². The van der Waals surface area contributed by atoms with Crippen LogP contribution in [0.25, 0.3) is 0 Å². The predicted octanol–water partition coefficient (Wildman–Crippen LogP) is 0.422. The lowest BCUT2D eigenvalue weighted by Gasteiger charge is -2.27. The lowest BCUT2D eigenvalue weighted by molar-refractivity contribution is -0.124. The van der Waals surface area contributed by atoms with E-state index in [-0.39, 0.29) is 17.9 Å². The zero-order valence-corrected chi connectivity index (χ0v) is 15.2. The van der Waals surface area contributed by atoms with Gasteiger partial charge in [-0.25, -0.2) is 8.42 Å². The zero-order valence-electron chi connectivity index (χ0n) is 14.4. The fourth-order valence-electron chi connectivity index (χ4n) is 4.00. The summed E-state index contributed by atoms with van der Waals surface area (Å²) in [7, 11) is -1.89. The van der Waals surface area contributed by atoms with Gasteiger partial charge in [0.1, 0.15) is 17.6 Å². The minimum absolute atomic E-state index is 0.136. The summed E-state index contributed by atoms with van der Waals surface area (Å²) in [5, 5.41) is 2.58. The quantitative estimate of drug-likeness (QED) is 0.828. The van der Waals surface area contributed by atoms with Crippen molar-refractivity contribution in [1.82, 2.24) is 14.5 Å². The van der Waals surface area contributed by atoms with Crippen LogP contribution < -0.4 is 5.32 Å². The van der Waals surface area contributed by atoms with Gasteiger partial charge in [0.2, 0.25) is 15.9 Å². The van der Waals surface area contributed by atoms with E-state index in [0.29, 0.717) is 19.5 Å². The maximum Gasteiger partial charge on any atom is 0.238 e. The number of amides is 1. The van der Waals surface area contributed by atoms with E-state index in [4.69, 9.17) is 4.42 Å². The number of carbonyl (C=O) groups is 1. The highest BCUT2D eigenvalue weighted by Gasteiger charge is 2.52. The molecule has 0 aromatic carbocycles. The third-order valence-corrected chi connectivity index (χ3v) is 6.31. The first kappa shape index (κ1) is 17.4. The van der Waals surface area contributed by atoms with E-state index in [1.807, 2.05) is 19.1 Å². The first-order valence-corrected chi connectivity index (χ1v) is 10.2. The molecular formula is C16H25N3O4S. The van der Waals surface area contributed by atoms with Crippen molar-refractivity contribution in [3.8, 4) is 0 Å². The van der Waals surface area contributed by atoms with Crippen LogP contribution in [0.1, 0.15) is 24.9 Å². The number of nitrogens with zero attached hydrogens (tertiary/aromatic N) is 2. The Bertz CT molecular complexity index is 715. The van der Waals surface area contributed by atoms with Gasteiger partial charge in [-0.3, -0.25) is 9.69 Å². The number of hydrogen-bond donors (Lipinski definition) is 1. The highest BCUT2D eigenvalue weighted by atomic mass is 32.2. The van der Waals surface area contributed by atoms with Gasteiger partial charge in [-0.2, -0.15) is 4.31 Å². The lowest BCUT2D eigenvalue weighted by Crippen LogP contribution is -2.49. The Balaban J connectivity index is 1.73. The molecule has 3 atom stereocenters. The summed E-state index contributed by atoms with van der Waals surface area (Å²) in [6.45, 7) is 4.14. The number of nitrogens with one attached hydrogen (secondary N) is 1. The molecule has 1 aromatic heterocycles. The summed E-state index contributed by atoms with van der Waals surface area (Å²) in [5.41, 5.74) is 0. The maximum absolute atomic E-state index is 12.2. The predicted molar refractivity (Wildman–Crippen MR) is 89.8 cm³/mol. The van der Waals surface area contributed by atoms with Crippen molar-refractivity contribution in [3.63, 3.8) is 0 Å². The van der Waals surface area contributed by atoms with E-state index in [0.717, 1.165) is 24.5 Å². The minimum Gasteiger partial charge on any atom is -0.465 e. The van der Waals surface area contributed by atoms with Crippen LogP contribution in [0.15, 0.2) is 16.5 Å². The SMILES string of the molecule is CCc1ccc(CN2C[C@@H]3C[C@@H](C(=O)NC)N(S(C)(=O)=O)[C@@H]3C2)o1. The molecule has 1 N–H and O–H groups in total. The van der Waals surface area contributed by atoms with Crippen molar-refractivity contribution >= 4 is 15.9 Å². The summed E-state index contributed by atoms with van der Waals surface area (Å²) in [6, 6.07) is 3.24. The fraction of sp³-hybridized carbons (Fsp3) is 0.688. The van der Waals surface area contributed by atoms with Crippen LogP contribution in [0.4, 0.5) is 0 Å². The monoisotopic (exact) mass is 355 g/mol. The van der Waals surface area contributed by atoms with Crippen molar-refractivity contribution in [2.24, 2.45) is 5.92 Å². The molecule has 3 heterocycles. The zero-order chi connectivity index (χ0) is 17.5. The van der Waals surface area contributed by atoms with Gasteiger partial charge in [0.25, 0.3) is 0 Å². The second-order valence-corrected chi connectivity index (χ2v) is 8.59. The molecule has 2 aliphatic heterocycles. The van der Waals surface area contributed by atoms with Gasteiger partial charge < -0.3 is 9.73 Å². The van der Waals surface area contributed by atoms with Gasteiger partial charge in [-0.15, -0.1) is 0 Å². The number of likely N-dealkylation sites (N-methyl/N-ethyl adjacent to an activating group) is 1. The Kier molecular flexibility index (Phi) is 4.72. The van der Waals surface area contributed by atoms with E-state index in [1.165, 1.54) is 10.6 Å². The largest absolute Gasteiger partial charge is 0.465 e. The summed E-state index contributed by atoms with van der Waals surface area (Å²) >= 11 is 0. The topological polar surface area (TPSA) is 82.9 Å². The average molecular weight is 355 g/mol. The van der Waals surface area contributed by atoms with Gasteiger partial charge in [0, 0.05) is 32.6 Å². The molecule has 7 nitrogen and oxygen atoms in total. The number of rotatable bonds is 5. The van der Waals surface area contributed by atoms with Crippen LogP contribution in [0.3, 0.4) is 0 Å². The molecule has 1 amide bonds. The van der Waals surface area contributed by atoms with E-state index in [2.05, 4.69) is 10.2 Å². The molecule has 3 rings (SSSR count). The van der Waals surface area contributed by atoms with Crippen molar-refractivity contribution in [2.45, 2.75) is 38.4 Å². The average Bonchev–Trinajstić information content (AvgIpc) is 3.18. The normalized spacial score (nSPS) is 28.2. The van der Waals surface area contributed by atoms with E-state index in [9.17, 15) is 13.2 Å². The number of likely N-dealkylation sites (tertiary alicyclic amines) is 1. The van der Waals surface area contributed by atoms with Crippen LogP contribution in [-0.2, 0) is 27.8 Å². The van der Waals surface area contributed by atoms with E-state index in [1.54, 1.807) is 7.05 Å². The summed E-state index contributed by atoms with van der Waals surface area (Å²) in [6.07, 6.45) is 2.63. The van der Waals surface area contributed by atoms with Crippen molar-refractivity contribution in [3.05, 3.63) is 23.7 Å². The number of sulfonamides is 1. The minimum atomic E-state index is -3.43. The highest BCUT2D eigenvalue weighted by molar-refractivity contribution is 7.88. The first-order chi connectivity index (χ1) is 11.3. The maximum atomic E-state index is 12.2. The smallest absolute Gasteiger partial charge is 0.238 e. The second kappa shape index (κ2) is 6.50. The van der Waals surface area contributed by atoms with Gasteiger partial charge in [0.15, 0.2) is 0 Å². The van der Waals surface area contributed by atoms with Gasteiger partial charge in [-0.05, 0) is 24.5 Å². The molecule has 2 fully saturated rings. The van der Waals surface area contributed by atoms with Crippen LogP contribution in [0.5, 0.6) is 0 Å². The second-order valence-electron chi connectivity index (χ2n) is 6.70. The molecule has 0 saturated carbocycles. The third-order valence-electron chi connectivity index (χ3n) is 5.02. The standard InChI is InChI=1S/C16H25N3O4S/c1-4-12-5-6-13(23-12)9-18-8-11-7-14(16(20)17-2)19(15(11)10-18)24(3,21)22/h5-6,11,14-15H,4,7-10H2,1-3H3,(H,17,20)/t11-,14-,15+/m0/s1. The Morgan fingerprint density at radius 1 is 1.33 bits per heavy atom. The number of hydrogen-bond acceptors (Lipinski definition) is 5. The fourth-order valence-corrected chi connectivity index (χ4v) is 5.37. The molecule has 0 unspecified atom stereocenters. The number of fused-ring (bicyclic) bond motifs is 1. The molecule has 1 aromatic rings. The third kappa shape index (κ3) is 3.22. The van der Waals surface area contributed by atoms with Crippen molar-refractivity contribution in [1.29, 1.82) is 0 Å². The molecule has 8 heteroatoms. The van der Waals surface area contributed by atoms with Gasteiger partial charge >= 0.3 is 0 Å². The van der Waals surface area contributed by atoms with Crippen LogP contribution >= 0.6 is 0 Å². The first-order valence-electron chi connectivity index (χ1n) is 8.33. The Morgan fingerprint density at radius 3 is 2.62 bits per heavy atom. The summed E-state index contributed by atoms with van der Waals surface area (Å²) in [5.74, 6) is 1.82. The summed E-state index contributed by atoms with van der Waals surface area (Å²) in [4.78, 5) is 14.3. The molecule has 0 bridgehead atoms. The molecule has 2 saturated heterocycles. The van der Waals surface area contributed by atoms with Crippen LogP contribution in [-0.4, -0.2) is 62.0 Å². The lowest BCUT2D eigenvalue weighted by atomic mass is 10.0. The molecule has 2 aliphatic rings. The molecular weight excluding hydrogens is 330 g/mol. The van der Waals surface area contributed by atoms with Crippen LogP contribution in [0, 0.1) is 5.92 Å². The van der Waals surface area contributed by atoms with E-state index < -0.39 is 16.1 Å². The number of carbonyl (C=O) groups excluding carboxylic acids is 1. The van der Waals surface area contributed by atoms with Crippen LogP contribution in [0.2, 0.25) is 0 Å². The molecule has 0 spiro atoms. The Labute approximate surface area is 143 Å². The molecule has 134 valence electrons. The van der Waals surface area contributed by atoms with Gasteiger partial charge in [0.05, 0.1) is 12.8 Å². The number of furan rings is 1. The molecule has 0 aliphatic carbocycles. The summed E-state index contributed by atoms with van der Waals surface area (Å²) < 4.78 is 31.6.